The molecule has 0 aliphatic carbocycles. The van der Waals surface area contributed by atoms with Gasteiger partial charge in [-0.3, -0.25) is 9.59 Å². The van der Waals surface area contributed by atoms with Gasteiger partial charge in [0, 0.05) is 17.8 Å². The highest BCUT2D eigenvalue weighted by molar-refractivity contribution is 9.10. The molecule has 0 spiro atoms. The lowest BCUT2D eigenvalue weighted by Crippen LogP contribution is -2.31. The maximum atomic E-state index is 11.9. The summed E-state index contributed by atoms with van der Waals surface area (Å²) in [4.78, 5) is 23.4. The number of hydrogen-bond donors (Lipinski definition) is 2. The second-order valence-corrected chi connectivity index (χ2v) is 6.79. The molecule has 1 aromatic carbocycles. The van der Waals surface area contributed by atoms with Gasteiger partial charge in [-0.05, 0) is 38.5 Å². The van der Waals surface area contributed by atoms with Crippen molar-refractivity contribution >= 4 is 39.1 Å². The second kappa shape index (κ2) is 6.19. The van der Waals surface area contributed by atoms with E-state index in [0.29, 0.717) is 12.1 Å². The number of anilines is 2. The molecule has 4 nitrogen and oxygen atoms in total. The molecule has 0 atom stereocenters. The van der Waals surface area contributed by atoms with Crippen LogP contribution in [0.15, 0.2) is 18.2 Å². The standard InChI is InChI=1S/C14H19BrN2O2/c1-5-12(18)16-10-7-6-8-11(9(10)2)17-13(19)14(3,4)15/h6-8H,5H2,1-4H3,(H,16,18)(H,17,19). The van der Waals surface area contributed by atoms with E-state index in [2.05, 4.69) is 26.6 Å². The van der Waals surface area contributed by atoms with E-state index in [-0.39, 0.29) is 11.8 Å². The van der Waals surface area contributed by atoms with Crippen molar-refractivity contribution in [3.8, 4) is 0 Å². The highest BCUT2D eigenvalue weighted by Crippen LogP contribution is 2.26. The van der Waals surface area contributed by atoms with E-state index in [9.17, 15) is 9.59 Å². The summed E-state index contributed by atoms with van der Waals surface area (Å²) in [6, 6.07) is 5.43. The number of nitrogens with one attached hydrogen (secondary N) is 2. The summed E-state index contributed by atoms with van der Waals surface area (Å²) in [7, 11) is 0. The largest absolute Gasteiger partial charge is 0.326 e. The molecule has 0 saturated heterocycles. The third kappa shape index (κ3) is 4.35. The van der Waals surface area contributed by atoms with Crippen LogP contribution in [0.5, 0.6) is 0 Å². The van der Waals surface area contributed by atoms with Crippen molar-refractivity contribution < 1.29 is 9.59 Å². The van der Waals surface area contributed by atoms with E-state index in [1.807, 2.05) is 19.1 Å². The molecule has 1 rings (SSSR count). The van der Waals surface area contributed by atoms with Crippen LogP contribution in [0.25, 0.3) is 0 Å². The number of rotatable bonds is 4. The molecule has 0 radical (unpaired) electrons. The fourth-order valence-corrected chi connectivity index (χ4v) is 1.52. The molecule has 0 unspecified atom stereocenters. The minimum absolute atomic E-state index is 0.0487. The van der Waals surface area contributed by atoms with E-state index in [1.54, 1.807) is 26.8 Å². The zero-order valence-electron chi connectivity index (χ0n) is 11.6. The van der Waals surface area contributed by atoms with Crippen LogP contribution in [0.1, 0.15) is 32.8 Å². The minimum Gasteiger partial charge on any atom is -0.326 e. The first kappa shape index (κ1) is 15.7. The second-order valence-electron chi connectivity index (χ2n) is 4.81. The predicted molar refractivity (Wildman–Crippen MR) is 81.7 cm³/mol. The van der Waals surface area contributed by atoms with Gasteiger partial charge in [-0.25, -0.2) is 0 Å². The minimum atomic E-state index is -0.637. The Labute approximate surface area is 122 Å². The molecule has 0 aliphatic rings. The number of carbonyl (C=O) groups is 2. The molecule has 0 fully saturated rings. The van der Waals surface area contributed by atoms with Crippen LogP contribution in [-0.2, 0) is 9.59 Å². The summed E-state index contributed by atoms with van der Waals surface area (Å²) in [5, 5.41) is 5.65. The average molecular weight is 327 g/mol. The van der Waals surface area contributed by atoms with Gasteiger partial charge in [0.25, 0.3) is 0 Å². The molecule has 0 saturated carbocycles. The Morgan fingerprint density at radius 1 is 1.21 bits per heavy atom. The zero-order chi connectivity index (χ0) is 14.6. The highest BCUT2D eigenvalue weighted by Gasteiger charge is 2.24. The van der Waals surface area contributed by atoms with Crippen molar-refractivity contribution in [1.82, 2.24) is 0 Å². The lowest BCUT2D eigenvalue weighted by Gasteiger charge is -2.18. The molecule has 0 aromatic heterocycles. The number of alkyl halides is 1. The normalized spacial score (nSPS) is 11.0. The summed E-state index contributed by atoms with van der Waals surface area (Å²) in [6.45, 7) is 7.21. The molecular formula is C14H19BrN2O2. The maximum Gasteiger partial charge on any atom is 0.240 e. The Morgan fingerprint density at radius 3 is 2.21 bits per heavy atom. The number of benzene rings is 1. The van der Waals surface area contributed by atoms with E-state index in [1.165, 1.54) is 0 Å². The molecule has 5 heteroatoms. The molecule has 0 bridgehead atoms. The van der Waals surface area contributed by atoms with Gasteiger partial charge in [-0.15, -0.1) is 0 Å². The first-order chi connectivity index (χ1) is 8.75. The molecule has 0 aliphatic heterocycles. The SMILES string of the molecule is CCC(=O)Nc1cccc(NC(=O)C(C)(C)Br)c1C. The van der Waals surface area contributed by atoms with Gasteiger partial charge in [0.15, 0.2) is 0 Å². The quantitative estimate of drug-likeness (QED) is 0.832. The fourth-order valence-electron chi connectivity index (χ4n) is 1.42. The fraction of sp³-hybridized carbons (Fsp3) is 0.429. The topological polar surface area (TPSA) is 58.2 Å². The number of amides is 2. The Balaban J connectivity index is 2.95. The van der Waals surface area contributed by atoms with Gasteiger partial charge < -0.3 is 10.6 Å². The number of carbonyl (C=O) groups excluding carboxylic acids is 2. The Bertz CT molecular complexity index is 493. The number of hydrogen-bond acceptors (Lipinski definition) is 2. The van der Waals surface area contributed by atoms with Crippen LogP contribution in [0.3, 0.4) is 0 Å². The molecule has 19 heavy (non-hydrogen) atoms. The van der Waals surface area contributed by atoms with E-state index in [0.717, 1.165) is 11.3 Å². The molecular weight excluding hydrogens is 308 g/mol. The third-order valence-electron chi connectivity index (χ3n) is 2.72. The first-order valence-electron chi connectivity index (χ1n) is 6.15. The summed E-state index contributed by atoms with van der Waals surface area (Å²) in [5.41, 5.74) is 2.26. The van der Waals surface area contributed by atoms with Gasteiger partial charge in [0.2, 0.25) is 11.8 Å². The Hall–Kier alpha value is -1.36. The van der Waals surface area contributed by atoms with Crippen molar-refractivity contribution in [2.75, 3.05) is 10.6 Å². The van der Waals surface area contributed by atoms with E-state index < -0.39 is 4.32 Å². The molecule has 2 amide bonds. The van der Waals surface area contributed by atoms with Crippen LogP contribution in [0.4, 0.5) is 11.4 Å². The number of halogens is 1. The van der Waals surface area contributed by atoms with Crippen LogP contribution in [0, 0.1) is 6.92 Å². The summed E-state index contributed by atoms with van der Waals surface area (Å²) < 4.78 is -0.637. The van der Waals surface area contributed by atoms with Gasteiger partial charge in [-0.1, -0.05) is 28.9 Å². The molecule has 2 N–H and O–H groups in total. The van der Waals surface area contributed by atoms with Crippen molar-refractivity contribution in [3.05, 3.63) is 23.8 Å². The molecule has 1 aromatic rings. The monoisotopic (exact) mass is 326 g/mol. The van der Waals surface area contributed by atoms with Crippen molar-refractivity contribution in [1.29, 1.82) is 0 Å². The van der Waals surface area contributed by atoms with E-state index in [4.69, 9.17) is 0 Å². The van der Waals surface area contributed by atoms with Crippen LogP contribution < -0.4 is 10.6 Å². The van der Waals surface area contributed by atoms with Crippen LogP contribution in [-0.4, -0.2) is 16.1 Å². The van der Waals surface area contributed by atoms with E-state index >= 15 is 0 Å². The average Bonchev–Trinajstić information content (AvgIpc) is 2.32. The van der Waals surface area contributed by atoms with Crippen LogP contribution in [0.2, 0.25) is 0 Å². The molecule has 104 valence electrons. The van der Waals surface area contributed by atoms with Gasteiger partial charge in [0.1, 0.15) is 0 Å². The lowest BCUT2D eigenvalue weighted by atomic mass is 10.1. The third-order valence-corrected chi connectivity index (χ3v) is 3.08. The Morgan fingerprint density at radius 2 is 1.74 bits per heavy atom. The lowest BCUT2D eigenvalue weighted by molar-refractivity contribution is -0.117. The van der Waals surface area contributed by atoms with Crippen LogP contribution >= 0.6 is 15.9 Å². The Kier molecular flexibility index (Phi) is 5.11. The maximum absolute atomic E-state index is 11.9. The van der Waals surface area contributed by atoms with Gasteiger partial charge in [-0.2, -0.15) is 0 Å². The smallest absolute Gasteiger partial charge is 0.240 e. The van der Waals surface area contributed by atoms with Gasteiger partial charge >= 0.3 is 0 Å². The first-order valence-corrected chi connectivity index (χ1v) is 6.94. The van der Waals surface area contributed by atoms with Crippen molar-refractivity contribution in [2.45, 2.75) is 38.4 Å². The highest BCUT2D eigenvalue weighted by atomic mass is 79.9. The predicted octanol–water partition coefficient (Wildman–Crippen LogP) is 3.46. The van der Waals surface area contributed by atoms with Gasteiger partial charge in [0.05, 0.1) is 4.32 Å². The molecule has 0 heterocycles. The zero-order valence-corrected chi connectivity index (χ0v) is 13.2. The summed E-state index contributed by atoms with van der Waals surface area (Å²) >= 11 is 3.31. The van der Waals surface area contributed by atoms with Crippen molar-refractivity contribution in [3.63, 3.8) is 0 Å². The summed E-state index contributed by atoms with van der Waals surface area (Å²) in [6.07, 6.45) is 0.421. The van der Waals surface area contributed by atoms with Crippen molar-refractivity contribution in [2.24, 2.45) is 0 Å². The summed E-state index contributed by atoms with van der Waals surface area (Å²) in [5.74, 6) is -0.179.